The quantitative estimate of drug-likeness (QED) is 0.0659. The number of Topliss-reactive ketones (excluding diaryl/α,β-unsaturated/α-hetero) is 1. The number of aromatic amines is 1. The van der Waals surface area contributed by atoms with Gasteiger partial charge in [-0.1, -0.05) is 65.7 Å². The van der Waals surface area contributed by atoms with Gasteiger partial charge in [0.1, 0.15) is 82.6 Å². The van der Waals surface area contributed by atoms with E-state index in [2.05, 4.69) is 42.2 Å². The van der Waals surface area contributed by atoms with E-state index in [4.69, 9.17) is 37.4 Å². The Labute approximate surface area is 560 Å². The van der Waals surface area contributed by atoms with Crippen LogP contribution in [0.25, 0.3) is 22.0 Å². The zero-order valence-electron chi connectivity index (χ0n) is 49.9. The van der Waals surface area contributed by atoms with Crippen molar-refractivity contribution in [3.8, 4) is 80.1 Å². The number of phenolic OH excluding ortho intramolecular Hbond substituents is 6. The van der Waals surface area contributed by atoms with Gasteiger partial charge in [-0.2, -0.15) is 0 Å². The minimum absolute atomic E-state index is 0.0619. The Kier molecular flexibility index (Phi) is 16.6. The van der Waals surface area contributed by atoms with E-state index in [1.807, 2.05) is 0 Å². The Balaban J connectivity index is 0.983. The number of rotatable bonds is 4. The van der Waals surface area contributed by atoms with Gasteiger partial charge in [0, 0.05) is 52.3 Å². The molecule has 0 fully saturated rings. The lowest BCUT2D eigenvalue weighted by molar-refractivity contribution is -0.143. The molecular formula is C68H50Cl2N8O20. The molecule has 28 nitrogen and oxygen atoms in total. The average molecular weight is 1370 g/mol. The number of aliphatic hydroxyl groups excluding tert-OH is 1. The minimum atomic E-state index is -2.24. The van der Waals surface area contributed by atoms with Gasteiger partial charge in [-0.3, -0.25) is 38.4 Å². The number of nitrogens with one attached hydrogen (secondary N) is 8. The summed E-state index contributed by atoms with van der Waals surface area (Å²) >= 11 is 13.8. The highest BCUT2D eigenvalue weighted by molar-refractivity contribution is 6.45. The predicted molar refractivity (Wildman–Crippen MR) is 342 cm³/mol. The maximum absolute atomic E-state index is 15.9. The number of carbonyl (C=O) groups is 9. The molecule has 16 N–H and O–H groups in total. The van der Waals surface area contributed by atoms with E-state index >= 15 is 24.0 Å². The molecule has 9 aromatic rings. The van der Waals surface area contributed by atoms with Crippen LogP contribution in [0.15, 0.2) is 146 Å². The van der Waals surface area contributed by atoms with E-state index in [9.17, 15) is 60.0 Å². The SMILES string of the molecule is O=C(N[C@@H]1C(=O)N[C@@H]2Cc3ccc(c(Cl)c3)Oc3cc4cc(c3O)Oc3ccc(cc3Cl)[C@@H](O)[C@@H]3NC(=O)[C@H](NC(=O)[C@@H]4NC(=O)[C@@H](NC2=O)c2cc(O)cc(c2)Oc2cc1ccc2O)c1ccc(O)c(c1)-c1c(O)cc(O)cc1[C@@H](C(=O)O)NC3=O)C(=O)c1c[nH]c2ccccc12. The van der Waals surface area contributed by atoms with Gasteiger partial charge in [-0.05, 0) is 118 Å². The molecule has 0 unspecified atom stereocenters. The van der Waals surface area contributed by atoms with Gasteiger partial charge in [-0.15, -0.1) is 0 Å². The van der Waals surface area contributed by atoms with E-state index in [0.717, 1.165) is 84.9 Å². The first-order valence-electron chi connectivity index (χ1n) is 29.5. The van der Waals surface area contributed by atoms with Crippen molar-refractivity contribution in [2.24, 2.45) is 0 Å². The van der Waals surface area contributed by atoms with Gasteiger partial charge in [0.15, 0.2) is 29.0 Å². The van der Waals surface area contributed by atoms with Crippen molar-refractivity contribution in [1.82, 2.24) is 42.2 Å². The second-order valence-electron chi connectivity index (χ2n) is 23.1. The minimum Gasteiger partial charge on any atom is -0.508 e. The lowest BCUT2D eigenvalue weighted by atomic mass is 9.89. The van der Waals surface area contributed by atoms with Crippen molar-refractivity contribution >= 4 is 87.2 Å². The number of halogens is 2. The first kappa shape index (κ1) is 64.2. The number of hydrogen-bond donors (Lipinski definition) is 16. The van der Waals surface area contributed by atoms with Crippen LogP contribution in [-0.2, 0) is 44.8 Å². The number of amides is 7. The monoisotopic (exact) mass is 1370 g/mol. The highest BCUT2D eigenvalue weighted by Gasteiger charge is 2.42. The van der Waals surface area contributed by atoms with Crippen molar-refractivity contribution in [3.05, 3.63) is 200 Å². The van der Waals surface area contributed by atoms with Crippen molar-refractivity contribution in [3.63, 3.8) is 0 Å². The fraction of sp³-hybridized carbons (Fsp3) is 0.132. The third kappa shape index (κ3) is 12.2. The summed E-state index contributed by atoms with van der Waals surface area (Å²) < 4.78 is 18.6. The topological polar surface area (TPSA) is 443 Å². The molecular weight excluding hydrogens is 1320 g/mol. The molecule has 6 aliphatic rings. The predicted octanol–water partition coefficient (Wildman–Crippen LogP) is 6.51. The summed E-state index contributed by atoms with van der Waals surface area (Å²) in [4.78, 5) is 136. The van der Waals surface area contributed by atoms with Crippen LogP contribution in [0.4, 0.5) is 0 Å². The summed E-state index contributed by atoms with van der Waals surface area (Å²) in [5, 5.41) is 109. The molecule has 15 rings (SSSR count). The molecule has 17 bridgehead atoms. The number of carboxylic acid groups (broad SMARTS) is 1. The number of carbonyl (C=O) groups excluding carboxylic acids is 8. The first-order chi connectivity index (χ1) is 46.8. The number of aliphatic carboxylic acids is 1. The summed E-state index contributed by atoms with van der Waals surface area (Å²) in [5.74, 6) is -18.6. The molecule has 0 radical (unpaired) electrons. The summed E-state index contributed by atoms with van der Waals surface area (Å²) in [7, 11) is 0. The third-order valence-corrected chi connectivity index (χ3v) is 17.3. The first-order valence-corrected chi connectivity index (χ1v) is 30.3. The zero-order chi connectivity index (χ0) is 69.3. The summed E-state index contributed by atoms with van der Waals surface area (Å²) in [6.07, 6.45) is -1.35. The second-order valence-corrected chi connectivity index (χ2v) is 23.9. The van der Waals surface area contributed by atoms with E-state index in [1.165, 1.54) is 36.5 Å². The van der Waals surface area contributed by atoms with Crippen LogP contribution in [0.2, 0.25) is 10.0 Å². The molecule has 8 aromatic carbocycles. The van der Waals surface area contributed by atoms with Crippen LogP contribution in [0.5, 0.6) is 69.0 Å². The molecule has 496 valence electrons. The average Bonchev–Trinajstić information content (AvgIpc) is 0.929. The number of H-pyrrole nitrogens is 1. The molecule has 0 saturated heterocycles. The van der Waals surface area contributed by atoms with E-state index in [-0.39, 0.29) is 66.2 Å². The van der Waals surface area contributed by atoms with E-state index in [1.54, 1.807) is 24.3 Å². The highest BCUT2D eigenvalue weighted by Crippen LogP contribution is 2.48. The number of benzene rings is 8. The number of hydrogen-bond acceptors (Lipinski definition) is 19. The summed E-state index contributed by atoms with van der Waals surface area (Å²) in [5.41, 5.74) is -2.16. The van der Waals surface area contributed by atoms with Crippen molar-refractivity contribution < 1.29 is 98.2 Å². The Hall–Kier alpha value is -12.5. The van der Waals surface area contributed by atoms with Gasteiger partial charge in [0.2, 0.25) is 41.2 Å². The van der Waals surface area contributed by atoms with Crippen LogP contribution >= 0.6 is 23.2 Å². The van der Waals surface area contributed by atoms with E-state index < -0.39 is 176 Å². The van der Waals surface area contributed by atoms with E-state index in [0.29, 0.717) is 10.9 Å². The van der Waals surface area contributed by atoms with Crippen LogP contribution in [0, 0.1) is 0 Å². The Morgan fingerprint density at radius 1 is 0.510 bits per heavy atom. The Morgan fingerprint density at radius 3 is 1.83 bits per heavy atom. The fourth-order valence-electron chi connectivity index (χ4n) is 11.9. The third-order valence-electron chi connectivity index (χ3n) is 16.7. The largest absolute Gasteiger partial charge is 0.508 e. The fourth-order valence-corrected chi connectivity index (χ4v) is 12.4. The molecule has 0 spiro atoms. The normalized spacial score (nSPS) is 20.6. The number of aliphatic hydroxyl groups is 1. The standard InChI is InChI=1S/C68H50Cl2N8O20/c69-39-13-26-5-11-46(39)97-49-20-31-21-50(60(49)86)98-47-12-8-29(18-40(47)70)58(84)57-66(92)77-56(68(94)95)37-23-33(80)24-45(83)51(37)36-17-27(6-9-43(36)81)52(63(89)78-57)74-65(91)55(31)75-64(90)54-30-15-32(79)22-34(16-30)96-48-19-28(7-10-44(48)82)53(62(88)72-42(14-26)61(87)73-54)76-67(93)59(85)38-25-71-41-4-2-1-3-35(38)41/h1-13,15-25,42,52-58,71,79-84,86H,14H2,(H,72,88)(H,73,87)(H,74,91)(H,75,90)(H,76,93)(H,77,92)(H,78,89)(H,94,95)/t42-,52-,53+,54+,55-,56+,57+,58-/m1/s1. The molecule has 1 aromatic heterocycles. The molecule has 30 heteroatoms. The maximum Gasteiger partial charge on any atom is 0.330 e. The molecule has 6 aliphatic heterocycles. The number of ketones is 1. The molecule has 7 heterocycles. The number of para-hydroxylation sites is 1. The molecule has 98 heavy (non-hydrogen) atoms. The molecule has 7 amide bonds. The van der Waals surface area contributed by atoms with Crippen LogP contribution < -0.4 is 51.4 Å². The van der Waals surface area contributed by atoms with Crippen LogP contribution in [0.3, 0.4) is 0 Å². The van der Waals surface area contributed by atoms with Crippen LogP contribution in [0.1, 0.15) is 85.6 Å². The van der Waals surface area contributed by atoms with Crippen molar-refractivity contribution in [1.29, 1.82) is 0 Å². The number of aromatic nitrogens is 1. The van der Waals surface area contributed by atoms with Gasteiger partial charge in [-0.25, -0.2) is 4.79 Å². The molecule has 0 aliphatic carbocycles. The number of phenols is 6. The molecule has 8 atom stereocenters. The Morgan fingerprint density at radius 2 is 1.12 bits per heavy atom. The van der Waals surface area contributed by atoms with Crippen molar-refractivity contribution in [2.75, 3.05) is 0 Å². The number of carboxylic acids is 1. The van der Waals surface area contributed by atoms with Gasteiger partial charge in [0.05, 0.1) is 15.6 Å². The summed E-state index contributed by atoms with van der Waals surface area (Å²) in [6, 6.07) is 13.0. The summed E-state index contributed by atoms with van der Waals surface area (Å²) in [6.45, 7) is 0. The van der Waals surface area contributed by atoms with Gasteiger partial charge >= 0.3 is 5.97 Å². The number of aromatic hydroxyl groups is 6. The molecule has 0 saturated carbocycles. The smallest absolute Gasteiger partial charge is 0.330 e. The second kappa shape index (κ2) is 25.3. The van der Waals surface area contributed by atoms with Gasteiger partial charge < -0.3 is 97.3 Å². The number of fused-ring (bicyclic) bond motifs is 15. The maximum atomic E-state index is 15.9. The zero-order valence-corrected chi connectivity index (χ0v) is 51.4. The van der Waals surface area contributed by atoms with Crippen LogP contribution in [-0.4, -0.2) is 111 Å². The lowest BCUT2D eigenvalue weighted by Crippen LogP contribution is -2.55. The Bertz CT molecular complexity index is 4950. The number of ether oxygens (including phenoxy) is 3. The van der Waals surface area contributed by atoms with Crippen molar-refractivity contribution in [2.45, 2.75) is 54.8 Å². The highest BCUT2D eigenvalue weighted by atomic mass is 35.5. The van der Waals surface area contributed by atoms with Gasteiger partial charge in [0.25, 0.3) is 11.7 Å². The lowest BCUT2D eigenvalue weighted by Gasteiger charge is -2.31.